The molecule has 0 aromatic heterocycles. The van der Waals surface area contributed by atoms with Gasteiger partial charge in [0.1, 0.15) is 13.1 Å². The van der Waals surface area contributed by atoms with Crippen LogP contribution in [0.1, 0.15) is 67.1 Å². The van der Waals surface area contributed by atoms with Crippen molar-refractivity contribution in [3.8, 4) is 0 Å². The van der Waals surface area contributed by atoms with Crippen molar-refractivity contribution in [3.63, 3.8) is 0 Å². The molecule has 2 aromatic rings. The molecule has 6 amide bonds. The highest BCUT2D eigenvalue weighted by atomic mass is 16.2. The van der Waals surface area contributed by atoms with Gasteiger partial charge in [-0.25, -0.2) is 0 Å². The van der Waals surface area contributed by atoms with Gasteiger partial charge < -0.3 is 10.6 Å². The van der Waals surface area contributed by atoms with Gasteiger partial charge in [-0.3, -0.25) is 38.6 Å². The number of nitrogens with zero attached hydrogens (tertiary/aromatic N) is 2. The molecule has 2 heterocycles. The number of nitrogens with one attached hydrogen (secondary N) is 2. The molecule has 0 unspecified atom stereocenters. The number of carbonyl (C=O) groups is 6. The van der Waals surface area contributed by atoms with E-state index in [4.69, 9.17) is 0 Å². The van der Waals surface area contributed by atoms with Gasteiger partial charge in [-0.1, -0.05) is 24.3 Å². The van der Waals surface area contributed by atoms with Crippen LogP contribution in [-0.4, -0.2) is 70.4 Å². The molecule has 10 heteroatoms. The standard InChI is InChI=1S/C26H24N4O6/c31-21(13-29-23(33)17-5-1-2-6-18(17)24(29)34)27-15-9-11-16(12-10-15)28-22(32)14-30-25(35)19-7-3-4-8-20(19)26(30)36/h1-8,15-16H,9-14H2,(H,27,31)(H,28,32). The first-order valence-corrected chi connectivity index (χ1v) is 11.8. The molecular weight excluding hydrogens is 464 g/mol. The average molecular weight is 489 g/mol. The molecule has 2 aliphatic heterocycles. The van der Waals surface area contributed by atoms with E-state index in [2.05, 4.69) is 10.6 Å². The van der Waals surface area contributed by atoms with E-state index in [0.29, 0.717) is 47.9 Å². The number of rotatable bonds is 6. The summed E-state index contributed by atoms with van der Waals surface area (Å²) in [4.78, 5) is 76.7. The topological polar surface area (TPSA) is 133 Å². The monoisotopic (exact) mass is 488 g/mol. The number of carbonyl (C=O) groups excluding carboxylic acids is 6. The van der Waals surface area contributed by atoms with Crippen molar-refractivity contribution in [2.24, 2.45) is 0 Å². The number of imide groups is 2. The van der Waals surface area contributed by atoms with Crippen molar-refractivity contribution in [1.29, 1.82) is 0 Å². The Balaban J connectivity index is 1.07. The number of hydrogen-bond donors (Lipinski definition) is 2. The lowest BCUT2D eigenvalue weighted by molar-refractivity contribution is -0.123. The van der Waals surface area contributed by atoms with E-state index in [0.717, 1.165) is 9.80 Å². The van der Waals surface area contributed by atoms with Gasteiger partial charge in [-0.05, 0) is 49.9 Å². The van der Waals surface area contributed by atoms with E-state index in [9.17, 15) is 28.8 Å². The fourth-order valence-corrected chi connectivity index (χ4v) is 4.98. The van der Waals surface area contributed by atoms with Gasteiger partial charge in [-0.2, -0.15) is 0 Å². The fourth-order valence-electron chi connectivity index (χ4n) is 4.98. The third kappa shape index (κ3) is 4.26. The Morgan fingerprint density at radius 1 is 0.583 bits per heavy atom. The van der Waals surface area contributed by atoms with Gasteiger partial charge >= 0.3 is 0 Å². The molecule has 0 spiro atoms. The van der Waals surface area contributed by atoms with Gasteiger partial charge in [0, 0.05) is 12.1 Å². The average Bonchev–Trinajstić information content (AvgIpc) is 3.26. The SMILES string of the molecule is O=C(CN1C(=O)c2ccccc2C1=O)NC1CCC(NC(=O)CN2C(=O)c3ccccc3C2=O)CC1. The minimum atomic E-state index is -0.477. The molecule has 10 nitrogen and oxygen atoms in total. The molecular formula is C26H24N4O6. The quantitative estimate of drug-likeness (QED) is 0.586. The molecule has 5 rings (SSSR count). The van der Waals surface area contributed by atoms with Crippen molar-refractivity contribution < 1.29 is 28.8 Å². The van der Waals surface area contributed by atoms with E-state index >= 15 is 0 Å². The highest BCUT2D eigenvalue weighted by molar-refractivity contribution is 6.23. The zero-order valence-corrected chi connectivity index (χ0v) is 19.4. The van der Waals surface area contributed by atoms with Crippen molar-refractivity contribution >= 4 is 35.4 Å². The lowest BCUT2D eigenvalue weighted by atomic mass is 9.91. The van der Waals surface area contributed by atoms with Crippen LogP contribution in [0, 0.1) is 0 Å². The number of fused-ring (bicyclic) bond motifs is 2. The summed E-state index contributed by atoms with van der Waals surface area (Å²) in [5, 5.41) is 5.75. The summed E-state index contributed by atoms with van der Waals surface area (Å²) in [5.41, 5.74) is 1.20. The van der Waals surface area contributed by atoms with E-state index in [1.54, 1.807) is 48.5 Å². The summed E-state index contributed by atoms with van der Waals surface area (Å²) < 4.78 is 0. The lowest BCUT2D eigenvalue weighted by Crippen LogP contribution is -2.48. The second-order valence-corrected chi connectivity index (χ2v) is 9.17. The van der Waals surface area contributed by atoms with Crippen LogP contribution < -0.4 is 10.6 Å². The maximum absolute atomic E-state index is 12.5. The molecule has 0 radical (unpaired) electrons. The van der Waals surface area contributed by atoms with Gasteiger partial charge in [0.05, 0.1) is 22.3 Å². The van der Waals surface area contributed by atoms with Crippen molar-refractivity contribution in [2.75, 3.05) is 13.1 Å². The normalized spacial score (nSPS) is 20.9. The Labute approximate surface area is 206 Å². The molecule has 0 bridgehead atoms. The van der Waals surface area contributed by atoms with Crippen LogP contribution >= 0.6 is 0 Å². The maximum atomic E-state index is 12.5. The predicted molar refractivity (Wildman–Crippen MR) is 126 cm³/mol. The fraction of sp³-hybridized carbons (Fsp3) is 0.308. The first-order valence-electron chi connectivity index (χ1n) is 11.8. The van der Waals surface area contributed by atoms with E-state index < -0.39 is 35.4 Å². The summed E-state index contributed by atoms with van der Waals surface area (Å²) in [6.07, 6.45) is 2.41. The first-order chi connectivity index (χ1) is 17.3. The highest BCUT2D eigenvalue weighted by Crippen LogP contribution is 2.24. The smallest absolute Gasteiger partial charge is 0.262 e. The summed E-state index contributed by atoms with van der Waals surface area (Å²) in [5.74, 6) is -2.74. The van der Waals surface area contributed by atoms with Crippen LogP contribution in [0.25, 0.3) is 0 Å². The maximum Gasteiger partial charge on any atom is 0.262 e. The second kappa shape index (κ2) is 9.37. The van der Waals surface area contributed by atoms with Gasteiger partial charge in [0.25, 0.3) is 23.6 Å². The molecule has 1 aliphatic carbocycles. The van der Waals surface area contributed by atoms with Crippen molar-refractivity contribution in [2.45, 2.75) is 37.8 Å². The Morgan fingerprint density at radius 3 is 1.14 bits per heavy atom. The molecule has 36 heavy (non-hydrogen) atoms. The molecule has 1 saturated carbocycles. The highest BCUT2D eigenvalue weighted by Gasteiger charge is 2.38. The molecule has 184 valence electrons. The third-order valence-corrected chi connectivity index (χ3v) is 6.82. The number of hydrogen-bond acceptors (Lipinski definition) is 6. The van der Waals surface area contributed by atoms with Crippen LogP contribution in [-0.2, 0) is 9.59 Å². The van der Waals surface area contributed by atoms with Gasteiger partial charge in [-0.15, -0.1) is 0 Å². The van der Waals surface area contributed by atoms with E-state index in [-0.39, 0.29) is 25.2 Å². The van der Waals surface area contributed by atoms with Crippen LogP contribution in [0.5, 0.6) is 0 Å². The van der Waals surface area contributed by atoms with Crippen LogP contribution in [0.3, 0.4) is 0 Å². The molecule has 0 saturated heterocycles. The first kappa shape index (κ1) is 23.4. The minimum absolute atomic E-state index is 0.142. The summed E-state index contributed by atoms with van der Waals surface area (Å²) in [7, 11) is 0. The molecule has 0 atom stereocenters. The van der Waals surface area contributed by atoms with Crippen LogP contribution in [0.15, 0.2) is 48.5 Å². The second-order valence-electron chi connectivity index (χ2n) is 9.17. The zero-order valence-electron chi connectivity index (χ0n) is 19.4. The Bertz CT molecular complexity index is 1130. The molecule has 2 N–H and O–H groups in total. The van der Waals surface area contributed by atoms with E-state index in [1.807, 2.05) is 0 Å². The van der Waals surface area contributed by atoms with Crippen LogP contribution in [0.2, 0.25) is 0 Å². The lowest BCUT2D eigenvalue weighted by Gasteiger charge is -2.30. The Morgan fingerprint density at radius 2 is 0.861 bits per heavy atom. The Hall–Kier alpha value is -4.34. The van der Waals surface area contributed by atoms with Crippen LogP contribution in [0.4, 0.5) is 0 Å². The zero-order chi connectivity index (χ0) is 25.4. The summed E-state index contributed by atoms with van der Waals surface area (Å²) in [6.45, 7) is -0.688. The van der Waals surface area contributed by atoms with E-state index in [1.165, 1.54) is 0 Å². The minimum Gasteiger partial charge on any atom is -0.352 e. The molecule has 3 aliphatic rings. The molecule has 1 fully saturated rings. The Kier molecular flexibility index (Phi) is 6.09. The summed E-state index contributed by atoms with van der Waals surface area (Å²) in [6, 6.07) is 12.7. The van der Waals surface area contributed by atoms with Gasteiger partial charge in [0.15, 0.2) is 0 Å². The third-order valence-electron chi connectivity index (χ3n) is 6.82. The number of benzene rings is 2. The number of amides is 6. The van der Waals surface area contributed by atoms with Crippen molar-refractivity contribution in [3.05, 3.63) is 70.8 Å². The predicted octanol–water partition coefficient (Wildman–Crippen LogP) is 1.12. The van der Waals surface area contributed by atoms with Gasteiger partial charge in [0.2, 0.25) is 11.8 Å². The largest absolute Gasteiger partial charge is 0.352 e. The summed E-state index contributed by atoms with van der Waals surface area (Å²) >= 11 is 0. The van der Waals surface area contributed by atoms with Crippen molar-refractivity contribution in [1.82, 2.24) is 20.4 Å². The molecule has 2 aromatic carbocycles.